The maximum absolute atomic E-state index is 11.3. The van der Waals surface area contributed by atoms with Gasteiger partial charge in [-0.15, -0.1) is 0 Å². The number of thiol groups is 1. The van der Waals surface area contributed by atoms with E-state index in [0.717, 1.165) is 11.3 Å². The molecular weight excluding hydrogens is 324 g/mol. The summed E-state index contributed by atoms with van der Waals surface area (Å²) in [6.45, 7) is 6.07. The van der Waals surface area contributed by atoms with E-state index in [1.165, 1.54) is 6.39 Å². The van der Waals surface area contributed by atoms with Crippen LogP contribution in [0.4, 0.5) is 0 Å². The number of oxazole rings is 1. The third-order valence-electron chi connectivity index (χ3n) is 3.33. The number of carbonyl (C=O) groups is 1. The molecule has 0 saturated carbocycles. The number of hydrogen-bond donors (Lipinski definition) is 2. The molecule has 0 spiro atoms. The zero-order valence-electron chi connectivity index (χ0n) is 14.4. The molecule has 0 fully saturated rings. The standard InChI is InChI=1S/C18H26N2O3S/c1-14(11-18(2,3)17(19)21)6-4-5-7-15(22-8-9-24)10-16-12-20-13-23-16/h4-7,11-13,15,24H,8-10H2,1-3H3,(H2,19,21)/b6-4+,7-5+,14-11+. The largest absolute Gasteiger partial charge is 0.448 e. The van der Waals surface area contributed by atoms with Crippen LogP contribution in [0.1, 0.15) is 26.5 Å². The van der Waals surface area contributed by atoms with Crippen molar-refractivity contribution in [1.82, 2.24) is 4.98 Å². The highest BCUT2D eigenvalue weighted by Crippen LogP contribution is 2.18. The van der Waals surface area contributed by atoms with Crippen molar-refractivity contribution in [3.05, 3.63) is 54.3 Å². The number of ether oxygens (including phenoxy) is 1. The summed E-state index contributed by atoms with van der Waals surface area (Å²) in [6.07, 6.45) is 13.1. The predicted molar refractivity (Wildman–Crippen MR) is 98.8 cm³/mol. The number of aromatic nitrogens is 1. The SMILES string of the molecule is CC(/C=C/C=C/C(Cc1cnco1)OCCS)=C\C(C)(C)C(N)=O. The van der Waals surface area contributed by atoms with Crippen LogP contribution in [-0.4, -0.2) is 29.4 Å². The Kier molecular flexibility index (Phi) is 8.57. The van der Waals surface area contributed by atoms with Crippen LogP contribution in [0.5, 0.6) is 0 Å². The molecule has 1 aromatic rings. The molecular formula is C18H26N2O3S. The highest BCUT2D eigenvalue weighted by atomic mass is 32.1. The van der Waals surface area contributed by atoms with Gasteiger partial charge in [-0.2, -0.15) is 12.6 Å². The quantitative estimate of drug-likeness (QED) is 0.502. The molecule has 0 aromatic carbocycles. The lowest BCUT2D eigenvalue weighted by molar-refractivity contribution is -0.123. The van der Waals surface area contributed by atoms with Gasteiger partial charge in [0.2, 0.25) is 5.91 Å². The highest BCUT2D eigenvalue weighted by molar-refractivity contribution is 7.80. The predicted octanol–water partition coefficient (Wildman–Crippen LogP) is 3.10. The highest BCUT2D eigenvalue weighted by Gasteiger charge is 2.21. The van der Waals surface area contributed by atoms with Gasteiger partial charge >= 0.3 is 0 Å². The Morgan fingerprint density at radius 3 is 2.83 bits per heavy atom. The minimum absolute atomic E-state index is 0.110. The van der Waals surface area contributed by atoms with Crippen molar-refractivity contribution in [3.8, 4) is 0 Å². The van der Waals surface area contributed by atoms with E-state index >= 15 is 0 Å². The minimum Gasteiger partial charge on any atom is -0.448 e. The number of nitrogens with two attached hydrogens (primary N) is 1. The molecule has 5 nitrogen and oxygen atoms in total. The summed E-state index contributed by atoms with van der Waals surface area (Å²) in [5.74, 6) is 1.07. The van der Waals surface area contributed by atoms with Crippen molar-refractivity contribution in [2.75, 3.05) is 12.4 Å². The van der Waals surface area contributed by atoms with Gasteiger partial charge in [0.1, 0.15) is 5.76 Å². The summed E-state index contributed by atoms with van der Waals surface area (Å²) >= 11 is 4.16. The van der Waals surface area contributed by atoms with Crippen molar-refractivity contribution < 1.29 is 13.9 Å². The van der Waals surface area contributed by atoms with Gasteiger partial charge in [-0.25, -0.2) is 4.98 Å². The molecule has 132 valence electrons. The molecule has 0 aliphatic rings. The summed E-state index contributed by atoms with van der Waals surface area (Å²) in [5, 5.41) is 0. The van der Waals surface area contributed by atoms with E-state index in [-0.39, 0.29) is 12.0 Å². The van der Waals surface area contributed by atoms with E-state index in [1.807, 2.05) is 37.3 Å². The minimum atomic E-state index is -0.664. The first kappa shape index (κ1) is 20.3. The molecule has 0 aliphatic heterocycles. The number of rotatable bonds is 10. The third kappa shape index (κ3) is 7.66. The fraction of sp³-hybridized carbons (Fsp3) is 0.444. The Labute approximate surface area is 149 Å². The monoisotopic (exact) mass is 350 g/mol. The average molecular weight is 350 g/mol. The summed E-state index contributed by atoms with van der Waals surface area (Å²) in [4.78, 5) is 15.2. The Hall–Kier alpha value is -1.79. The van der Waals surface area contributed by atoms with E-state index in [9.17, 15) is 4.79 Å². The molecule has 0 bridgehead atoms. The van der Waals surface area contributed by atoms with Crippen LogP contribution in [0.2, 0.25) is 0 Å². The molecule has 1 unspecified atom stereocenters. The molecule has 0 radical (unpaired) electrons. The van der Waals surface area contributed by atoms with Crippen molar-refractivity contribution in [3.63, 3.8) is 0 Å². The molecule has 1 heterocycles. The van der Waals surface area contributed by atoms with E-state index in [0.29, 0.717) is 18.8 Å². The van der Waals surface area contributed by atoms with Gasteiger partial charge in [0.05, 0.1) is 24.3 Å². The number of allylic oxidation sites excluding steroid dienone is 4. The van der Waals surface area contributed by atoms with Crippen molar-refractivity contribution >= 4 is 18.5 Å². The van der Waals surface area contributed by atoms with Crippen LogP contribution in [0, 0.1) is 5.41 Å². The Balaban J connectivity index is 2.65. The summed E-state index contributed by atoms with van der Waals surface area (Å²) in [6, 6.07) is 0. The molecule has 24 heavy (non-hydrogen) atoms. The van der Waals surface area contributed by atoms with Crippen molar-refractivity contribution in [1.29, 1.82) is 0 Å². The van der Waals surface area contributed by atoms with E-state index in [4.69, 9.17) is 14.9 Å². The van der Waals surface area contributed by atoms with Gasteiger partial charge in [-0.1, -0.05) is 36.0 Å². The maximum atomic E-state index is 11.3. The molecule has 0 aliphatic carbocycles. The van der Waals surface area contributed by atoms with Crippen LogP contribution >= 0.6 is 12.6 Å². The van der Waals surface area contributed by atoms with Gasteiger partial charge in [0, 0.05) is 12.2 Å². The molecule has 0 saturated heterocycles. The van der Waals surface area contributed by atoms with Gasteiger partial charge in [0.15, 0.2) is 6.39 Å². The number of hydrogen-bond acceptors (Lipinski definition) is 5. The number of primary amides is 1. The Morgan fingerprint density at radius 1 is 1.50 bits per heavy atom. The molecule has 1 atom stereocenters. The molecule has 1 amide bonds. The zero-order valence-corrected chi connectivity index (χ0v) is 15.3. The normalized spacial score (nSPS) is 14.6. The molecule has 1 aromatic heterocycles. The van der Waals surface area contributed by atoms with Gasteiger partial charge in [-0.3, -0.25) is 4.79 Å². The van der Waals surface area contributed by atoms with Crippen LogP contribution < -0.4 is 5.73 Å². The van der Waals surface area contributed by atoms with Gasteiger partial charge < -0.3 is 14.9 Å². The second kappa shape index (κ2) is 10.2. The Bertz CT molecular complexity index is 589. The summed E-state index contributed by atoms with van der Waals surface area (Å²) < 4.78 is 11.0. The van der Waals surface area contributed by atoms with E-state index in [1.54, 1.807) is 20.0 Å². The maximum Gasteiger partial charge on any atom is 0.226 e. The fourth-order valence-electron chi connectivity index (χ4n) is 2.01. The molecule has 2 N–H and O–H groups in total. The van der Waals surface area contributed by atoms with Crippen LogP contribution in [-0.2, 0) is 16.0 Å². The van der Waals surface area contributed by atoms with E-state index in [2.05, 4.69) is 17.6 Å². The summed E-state index contributed by atoms with van der Waals surface area (Å²) in [5.41, 5.74) is 5.67. The fourth-order valence-corrected chi connectivity index (χ4v) is 2.12. The zero-order chi connectivity index (χ0) is 18.0. The summed E-state index contributed by atoms with van der Waals surface area (Å²) in [7, 11) is 0. The second-order valence-electron chi connectivity index (χ2n) is 6.02. The first-order valence-corrected chi connectivity index (χ1v) is 8.42. The third-order valence-corrected chi connectivity index (χ3v) is 3.51. The number of carbonyl (C=O) groups excluding carboxylic acids is 1. The van der Waals surface area contributed by atoms with Crippen LogP contribution in [0.25, 0.3) is 0 Å². The van der Waals surface area contributed by atoms with Gasteiger partial charge in [0.25, 0.3) is 0 Å². The smallest absolute Gasteiger partial charge is 0.226 e. The molecule has 1 rings (SSSR count). The first-order valence-electron chi connectivity index (χ1n) is 7.79. The van der Waals surface area contributed by atoms with E-state index < -0.39 is 5.41 Å². The Morgan fingerprint density at radius 2 is 2.25 bits per heavy atom. The van der Waals surface area contributed by atoms with Crippen LogP contribution in [0.3, 0.4) is 0 Å². The first-order chi connectivity index (χ1) is 11.3. The number of nitrogens with zero attached hydrogens (tertiary/aromatic N) is 1. The van der Waals surface area contributed by atoms with Gasteiger partial charge in [-0.05, 0) is 20.8 Å². The van der Waals surface area contributed by atoms with Crippen molar-refractivity contribution in [2.45, 2.75) is 33.3 Å². The average Bonchev–Trinajstić information content (AvgIpc) is 3.01. The second-order valence-corrected chi connectivity index (χ2v) is 6.47. The lowest BCUT2D eigenvalue weighted by Crippen LogP contribution is -2.29. The molecule has 6 heteroatoms. The van der Waals surface area contributed by atoms with Crippen molar-refractivity contribution in [2.24, 2.45) is 11.1 Å². The lowest BCUT2D eigenvalue weighted by atomic mass is 9.90. The lowest BCUT2D eigenvalue weighted by Gasteiger charge is -2.15. The topological polar surface area (TPSA) is 78.3 Å². The number of amides is 1. The van der Waals surface area contributed by atoms with Crippen LogP contribution in [0.15, 0.2) is 53.0 Å².